The van der Waals surface area contributed by atoms with Crippen LogP contribution in [0.4, 0.5) is 13.2 Å². The van der Waals surface area contributed by atoms with Crippen LogP contribution in [-0.4, -0.2) is 36.9 Å². The molecule has 0 spiro atoms. The molecule has 0 radical (unpaired) electrons. The molecule has 1 unspecified atom stereocenters. The molecular weight excluding hydrogens is 423 g/mol. The first-order valence-electron chi connectivity index (χ1n) is 10.6. The molecule has 7 nitrogen and oxygen atoms in total. The molecule has 0 bridgehead atoms. The molecule has 0 saturated carbocycles. The summed E-state index contributed by atoms with van der Waals surface area (Å²) in [7, 11) is 0. The molecule has 1 saturated heterocycles. The number of carbonyl (C=O) groups is 1. The lowest BCUT2D eigenvalue weighted by Crippen LogP contribution is -2.41. The Bertz CT molecular complexity index is 1240. The van der Waals surface area contributed by atoms with Gasteiger partial charge in [-0.2, -0.15) is 18.3 Å². The summed E-state index contributed by atoms with van der Waals surface area (Å²) in [6, 6.07) is 3.53. The van der Waals surface area contributed by atoms with Gasteiger partial charge in [-0.25, -0.2) is 9.50 Å². The van der Waals surface area contributed by atoms with Crippen LogP contribution in [0, 0.1) is 13.8 Å². The van der Waals surface area contributed by atoms with Crippen LogP contribution >= 0.6 is 0 Å². The van der Waals surface area contributed by atoms with Crippen molar-refractivity contribution in [2.75, 3.05) is 6.54 Å². The van der Waals surface area contributed by atoms with Crippen molar-refractivity contribution in [2.45, 2.75) is 58.7 Å². The summed E-state index contributed by atoms with van der Waals surface area (Å²) in [5.74, 6) is -0.450. The maximum absolute atomic E-state index is 13.6. The van der Waals surface area contributed by atoms with Crippen LogP contribution in [0.5, 0.6) is 0 Å². The van der Waals surface area contributed by atoms with Crippen LogP contribution < -0.4 is 5.56 Å². The second-order valence-electron chi connectivity index (χ2n) is 8.15. The first-order valence-corrected chi connectivity index (χ1v) is 10.6. The normalized spacial score (nSPS) is 17.2. The summed E-state index contributed by atoms with van der Waals surface area (Å²) in [6.07, 6.45) is -2.16. The summed E-state index contributed by atoms with van der Waals surface area (Å²) < 4.78 is 41.7. The number of aryl methyl sites for hydroxylation is 3. The Hall–Kier alpha value is -3.17. The number of likely N-dealkylation sites (tertiary alicyclic amines) is 1. The fraction of sp³-hybridized carbons (Fsp3) is 0.455. The van der Waals surface area contributed by atoms with Gasteiger partial charge in [0.05, 0.1) is 11.7 Å². The molecule has 0 aliphatic carbocycles. The van der Waals surface area contributed by atoms with Crippen LogP contribution in [0.25, 0.3) is 5.65 Å². The zero-order valence-electron chi connectivity index (χ0n) is 18.1. The first kappa shape index (κ1) is 22.0. The summed E-state index contributed by atoms with van der Waals surface area (Å²) in [5, 5.41) is 4.21. The zero-order valence-corrected chi connectivity index (χ0v) is 18.1. The Balaban J connectivity index is 1.78. The third kappa shape index (κ3) is 3.89. The lowest BCUT2D eigenvalue weighted by Gasteiger charge is -2.34. The number of carbonyl (C=O) groups excluding carboxylic acids is 1. The van der Waals surface area contributed by atoms with Crippen molar-refractivity contribution in [3.05, 3.63) is 62.5 Å². The summed E-state index contributed by atoms with van der Waals surface area (Å²) in [5.41, 5.74) is 0.842. The number of pyridine rings is 1. The topological polar surface area (TPSA) is 83.4 Å². The van der Waals surface area contributed by atoms with Gasteiger partial charge in [-0.1, -0.05) is 6.92 Å². The number of H-pyrrole nitrogens is 1. The SMILES string of the molecule is CCc1cc(C(F)(F)F)n2nc(C3CCCCN3C(=O)c3cc(C)c(C)[nH]c3=O)cc2n1. The highest BCUT2D eigenvalue weighted by molar-refractivity contribution is 5.94. The Labute approximate surface area is 182 Å². The predicted molar refractivity (Wildman–Crippen MR) is 112 cm³/mol. The maximum atomic E-state index is 13.6. The fourth-order valence-electron chi connectivity index (χ4n) is 4.11. The van der Waals surface area contributed by atoms with Gasteiger partial charge in [0.2, 0.25) is 0 Å². The van der Waals surface area contributed by atoms with Crippen molar-refractivity contribution in [3.8, 4) is 0 Å². The van der Waals surface area contributed by atoms with Crippen LogP contribution in [0.1, 0.15) is 70.9 Å². The lowest BCUT2D eigenvalue weighted by molar-refractivity contribution is -0.142. The van der Waals surface area contributed by atoms with E-state index in [1.807, 2.05) is 0 Å². The number of alkyl halides is 3. The van der Waals surface area contributed by atoms with E-state index in [9.17, 15) is 22.8 Å². The van der Waals surface area contributed by atoms with Gasteiger partial charge < -0.3 is 9.88 Å². The van der Waals surface area contributed by atoms with E-state index < -0.39 is 29.4 Å². The Morgan fingerprint density at radius 1 is 1.22 bits per heavy atom. The number of hydrogen-bond acceptors (Lipinski definition) is 4. The van der Waals surface area contributed by atoms with Crippen molar-refractivity contribution < 1.29 is 18.0 Å². The second-order valence-corrected chi connectivity index (χ2v) is 8.15. The van der Waals surface area contributed by atoms with E-state index in [1.165, 1.54) is 6.07 Å². The quantitative estimate of drug-likeness (QED) is 0.658. The molecule has 0 aromatic carbocycles. The minimum Gasteiger partial charge on any atom is -0.330 e. The van der Waals surface area contributed by atoms with Gasteiger partial charge in [0.25, 0.3) is 11.5 Å². The van der Waals surface area contributed by atoms with E-state index in [0.29, 0.717) is 36.5 Å². The van der Waals surface area contributed by atoms with E-state index in [2.05, 4.69) is 15.1 Å². The third-order valence-electron chi connectivity index (χ3n) is 5.99. The Morgan fingerprint density at radius 2 is 1.97 bits per heavy atom. The van der Waals surface area contributed by atoms with Gasteiger partial charge in [-0.3, -0.25) is 9.59 Å². The summed E-state index contributed by atoms with van der Waals surface area (Å²) in [6.45, 7) is 5.68. The number of aromatic amines is 1. The number of nitrogens with one attached hydrogen (secondary N) is 1. The van der Waals surface area contributed by atoms with Gasteiger partial charge in [0.15, 0.2) is 5.65 Å². The number of piperidine rings is 1. The van der Waals surface area contributed by atoms with Gasteiger partial charge in [0.1, 0.15) is 11.3 Å². The predicted octanol–water partition coefficient (Wildman–Crippen LogP) is 3.98. The zero-order chi connectivity index (χ0) is 23.2. The number of fused-ring (bicyclic) bond motifs is 1. The van der Waals surface area contributed by atoms with Gasteiger partial charge in [-0.15, -0.1) is 0 Å². The molecule has 1 aliphatic rings. The summed E-state index contributed by atoms with van der Waals surface area (Å²) in [4.78, 5) is 34.2. The van der Waals surface area contributed by atoms with E-state index in [1.54, 1.807) is 31.7 Å². The average Bonchev–Trinajstić information content (AvgIpc) is 3.18. The molecule has 1 amide bonds. The van der Waals surface area contributed by atoms with Crippen LogP contribution in [0.3, 0.4) is 0 Å². The second kappa shape index (κ2) is 8.07. The van der Waals surface area contributed by atoms with Crippen LogP contribution in [0.2, 0.25) is 0 Å². The molecular formula is C22H24F3N5O2. The molecule has 3 aromatic rings. The van der Waals surface area contributed by atoms with Crippen molar-refractivity contribution >= 4 is 11.6 Å². The van der Waals surface area contributed by atoms with Crippen molar-refractivity contribution in [1.29, 1.82) is 0 Å². The molecule has 3 aromatic heterocycles. The molecule has 4 heterocycles. The number of rotatable bonds is 3. The average molecular weight is 447 g/mol. The van der Waals surface area contributed by atoms with E-state index in [4.69, 9.17) is 0 Å². The van der Waals surface area contributed by atoms with Gasteiger partial charge in [-0.05, 0) is 57.2 Å². The minimum atomic E-state index is -4.59. The number of hydrogen-bond donors (Lipinski definition) is 1. The van der Waals surface area contributed by atoms with Gasteiger partial charge >= 0.3 is 6.18 Å². The summed E-state index contributed by atoms with van der Waals surface area (Å²) >= 11 is 0. The molecule has 1 fully saturated rings. The van der Waals surface area contributed by atoms with Gasteiger partial charge in [0, 0.05) is 24.0 Å². The first-order chi connectivity index (χ1) is 15.1. The van der Waals surface area contributed by atoms with Crippen molar-refractivity contribution in [3.63, 3.8) is 0 Å². The maximum Gasteiger partial charge on any atom is 0.433 e. The Kier molecular flexibility index (Phi) is 5.56. The van der Waals surface area contributed by atoms with E-state index in [0.717, 1.165) is 29.0 Å². The minimum absolute atomic E-state index is 0.0196. The molecule has 1 aliphatic heterocycles. The molecule has 1 atom stereocenters. The number of halogens is 3. The number of aromatic nitrogens is 4. The molecule has 170 valence electrons. The standard InChI is InChI=1S/C22H24F3N5O2/c1-4-14-10-18(22(23,24)25)30-19(27-14)11-16(28-30)17-7-5-6-8-29(17)21(32)15-9-12(2)13(3)26-20(15)31/h9-11,17H,4-8H2,1-3H3,(H,26,31). The van der Waals surface area contributed by atoms with E-state index in [-0.39, 0.29) is 11.2 Å². The molecule has 32 heavy (non-hydrogen) atoms. The highest BCUT2D eigenvalue weighted by atomic mass is 19.4. The van der Waals surface area contributed by atoms with E-state index >= 15 is 0 Å². The highest BCUT2D eigenvalue weighted by Crippen LogP contribution is 2.34. The molecule has 4 rings (SSSR count). The van der Waals surface area contributed by atoms with Crippen LogP contribution in [0.15, 0.2) is 23.0 Å². The number of nitrogens with zero attached hydrogens (tertiary/aromatic N) is 4. The monoisotopic (exact) mass is 447 g/mol. The largest absolute Gasteiger partial charge is 0.433 e. The number of amides is 1. The van der Waals surface area contributed by atoms with Crippen LogP contribution in [-0.2, 0) is 12.6 Å². The fourth-order valence-corrected chi connectivity index (χ4v) is 4.11. The smallest absolute Gasteiger partial charge is 0.330 e. The van der Waals surface area contributed by atoms with Crippen molar-refractivity contribution in [2.24, 2.45) is 0 Å². The molecule has 10 heteroatoms. The third-order valence-corrected chi connectivity index (χ3v) is 5.99. The van der Waals surface area contributed by atoms with Crippen molar-refractivity contribution in [1.82, 2.24) is 24.5 Å². The Morgan fingerprint density at radius 3 is 2.66 bits per heavy atom. The lowest BCUT2D eigenvalue weighted by atomic mass is 9.98. The highest BCUT2D eigenvalue weighted by Gasteiger charge is 2.37. The molecule has 1 N–H and O–H groups in total.